The van der Waals surface area contributed by atoms with E-state index >= 15 is 0 Å². The van der Waals surface area contributed by atoms with Gasteiger partial charge < -0.3 is 5.32 Å². The second-order valence-corrected chi connectivity index (χ2v) is 7.04. The highest BCUT2D eigenvalue weighted by molar-refractivity contribution is 7.21. The molecule has 0 unspecified atom stereocenters. The molecule has 0 radical (unpaired) electrons. The highest BCUT2D eigenvalue weighted by Crippen LogP contribution is 2.34. The molecule has 3 aromatic rings. The van der Waals surface area contributed by atoms with E-state index in [1.807, 2.05) is 42.5 Å². The van der Waals surface area contributed by atoms with Gasteiger partial charge in [0.05, 0.1) is 15.9 Å². The van der Waals surface area contributed by atoms with Crippen LogP contribution in [-0.4, -0.2) is 10.9 Å². The van der Waals surface area contributed by atoms with Gasteiger partial charge in [-0.1, -0.05) is 38.1 Å². The molecular formula is C19H20N2OS. The van der Waals surface area contributed by atoms with Crippen molar-refractivity contribution < 1.29 is 4.79 Å². The number of carbonyl (C=O) groups excluding carboxylic acids is 1. The Morgan fingerprint density at radius 2 is 1.87 bits per heavy atom. The molecule has 0 saturated heterocycles. The summed E-state index contributed by atoms with van der Waals surface area (Å²) in [7, 11) is 0. The summed E-state index contributed by atoms with van der Waals surface area (Å²) in [6, 6.07) is 16.0. The normalized spacial score (nSPS) is 11.1. The SMILES string of the molecule is CC(C)CCC(=O)Nc1ccccc1-c1nc2ccccc2s1. The Bertz CT molecular complexity index is 790. The number of hydrogen-bond acceptors (Lipinski definition) is 3. The van der Waals surface area contributed by atoms with Crippen LogP contribution in [0.3, 0.4) is 0 Å². The second-order valence-electron chi connectivity index (χ2n) is 6.01. The maximum atomic E-state index is 12.1. The van der Waals surface area contributed by atoms with E-state index in [2.05, 4.69) is 25.2 Å². The number of aromatic nitrogens is 1. The lowest BCUT2D eigenvalue weighted by Gasteiger charge is -2.10. The van der Waals surface area contributed by atoms with Gasteiger partial charge in [0, 0.05) is 12.0 Å². The Balaban J connectivity index is 1.87. The third kappa shape index (κ3) is 3.77. The zero-order chi connectivity index (χ0) is 16.2. The maximum Gasteiger partial charge on any atom is 0.224 e. The number of anilines is 1. The molecule has 1 amide bonds. The van der Waals surface area contributed by atoms with Crippen LogP contribution in [-0.2, 0) is 4.79 Å². The van der Waals surface area contributed by atoms with Crippen LogP contribution in [0.4, 0.5) is 5.69 Å². The maximum absolute atomic E-state index is 12.1. The van der Waals surface area contributed by atoms with Crippen molar-refractivity contribution >= 4 is 33.1 Å². The number of amides is 1. The van der Waals surface area contributed by atoms with E-state index in [4.69, 9.17) is 4.98 Å². The number of hydrogen-bond donors (Lipinski definition) is 1. The van der Waals surface area contributed by atoms with Gasteiger partial charge in [-0.25, -0.2) is 4.98 Å². The standard InChI is InChI=1S/C19H20N2OS/c1-13(2)11-12-18(22)20-15-8-4-3-7-14(15)19-21-16-9-5-6-10-17(16)23-19/h3-10,13H,11-12H2,1-2H3,(H,20,22). The number of rotatable bonds is 5. The third-order valence-electron chi connectivity index (χ3n) is 3.67. The van der Waals surface area contributed by atoms with Gasteiger partial charge in [-0.3, -0.25) is 4.79 Å². The zero-order valence-electron chi connectivity index (χ0n) is 13.4. The lowest BCUT2D eigenvalue weighted by molar-refractivity contribution is -0.116. The molecule has 1 aromatic heterocycles. The number of thiazole rings is 1. The average molecular weight is 324 g/mol. The second kappa shape index (κ2) is 6.92. The topological polar surface area (TPSA) is 42.0 Å². The predicted molar refractivity (Wildman–Crippen MR) is 97.8 cm³/mol. The molecule has 1 N–H and O–H groups in total. The molecule has 0 aliphatic heterocycles. The van der Waals surface area contributed by atoms with E-state index in [-0.39, 0.29) is 5.91 Å². The molecule has 23 heavy (non-hydrogen) atoms. The smallest absolute Gasteiger partial charge is 0.224 e. The van der Waals surface area contributed by atoms with Crippen molar-refractivity contribution in [2.24, 2.45) is 5.92 Å². The van der Waals surface area contributed by atoms with Gasteiger partial charge in [-0.15, -0.1) is 11.3 Å². The number of para-hydroxylation sites is 2. The molecule has 0 bridgehead atoms. The van der Waals surface area contributed by atoms with Gasteiger partial charge in [-0.2, -0.15) is 0 Å². The highest BCUT2D eigenvalue weighted by atomic mass is 32.1. The van der Waals surface area contributed by atoms with Crippen LogP contribution in [0, 0.1) is 5.92 Å². The van der Waals surface area contributed by atoms with Crippen molar-refractivity contribution in [3.05, 3.63) is 48.5 Å². The molecule has 0 aliphatic carbocycles. The fourth-order valence-electron chi connectivity index (χ4n) is 2.40. The van der Waals surface area contributed by atoms with E-state index in [9.17, 15) is 4.79 Å². The first-order chi connectivity index (χ1) is 11.1. The van der Waals surface area contributed by atoms with Gasteiger partial charge in [0.1, 0.15) is 5.01 Å². The molecule has 1 heterocycles. The summed E-state index contributed by atoms with van der Waals surface area (Å²) in [5.41, 5.74) is 2.81. The minimum Gasteiger partial charge on any atom is -0.325 e. The number of benzene rings is 2. The fraction of sp³-hybridized carbons (Fsp3) is 0.263. The lowest BCUT2D eigenvalue weighted by Crippen LogP contribution is -2.12. The van der Waals surface area contributed by atoms with E-state index in [0.717, 1.165) is 32.9 Å². The summed E-state index contributed by atoms with van der Waals surface area (Å²) in [5.74, 6) is 0.590. The van der Waals surface area contributed by atoms with E-state index < -0.39 is 0 Å². The monoisotopic (exact) mass is 324 g/mol. The molecule has 0 spiro atoms. The Kier molecular flexibility index (Phi) is 4.72. The van der Waals surface area contributed by atoms with Crippen LogP contribution in [0.2, 0.25) is 0 Å². The van der Waals surface area contributed by atoms with Gasteiger partial charge in [0.15, 0.2) is 0 Å². The Hall–Kier alpha value is -2.20. The Labute approximate surface area is 140 Å². The molecule has 0 atom stereocenters. The quantitative estimate of drug-likeness (QED) is 0.688. The van der Waals surface area contributed by atoms with Crippen molar-refractivity contribution in [1.29, 1.82) is 0 Å². The average Bonchev–Trinajstić information content (AvgIpc) is 2.97. The van der Waals surface area contributed by atoms with Gasteiger partial charge in [0.25, 0.3) is 0 Å². The van der Waals surface area contributed by atoms with Crippen molar-refractivity contribution in [3.63, 3.8) is 0 Å². The third-order valence-corrected chi connectivity index (χ3v) is 4.74. The first-order valence-corrected chi connectivity index (χ1v) is 8.70. The summed E-state index contributed by atoms with van der Waals surface area (Å²) >= 11 is 1.65. The van der Waals surface area contributed by atoms with Crippen molar-refractivity contribution in [3.8, 4) is 10.6 Å². The number of nitrogens with one attached hydrogen (secondary N) is 1. The van der Waals surface area contributed by atoms with Crippen LogP contribution in [0.15, 0.2) is 48.5 Å². The summed E-state index contributed by atoms with van der Waals surface area (Å²) in [5, 5.41) is 3.97. The molecule has 3 nitrogen and oxygen atoms in total. The van der Waals surface area contributed by atoms with Crippen LogP contribution < -0.4 is 5.32 Å². The van der Waals surface area contributed by atoms with Gasteiger partial charge >= 0.3 is 0 Å². The molecule has 0 saturated carbocycles. The van der Waals surface area contributed by atoms with Crippen molar-refractivity contribution in [1.82, 2.24) is 4.98 Å². The summed E-state index contributed by atoms with van der Waals surface area (Å²) < 4.78 is 1.16. The Morgan fingerprint density at radius 3 is 2.65 bits per heavy atom. The minimum atomic E-state index is 0.0623. The van der Waals surface area contributed by atoms with Crippen molar-refractivity contribution in [2.75, 3.05) is 5.32 Å². The molecule has 0 aliphatic rings. The minimum absolute atomic E-state index is 0.0623. The largest absolute Gasteiger partial charge is 0.325 e. The molecular weight excluding hydrogens is 304 g/mol. The van der Waals surface area contributed by atoms with Gasteiger partial charge in [0.2, 0.25) is 5.91 Å². The van der Waals surface area contributed by atoms with Gasteiger partial charge in [-0.05, 0) is 36.6 Å². The summed E-state index contributed by atoms with van der Waals surface area (Å²) in [6.07, 6.45) is 1.45. The van der Waals surface area contributed by atoms with E-state index in [1.165, 1.54) is 0 Å². The predicted octanol–water partition coefficient (Wildman–Crippen LogP) is 5.34. The molecule has 118 valence electrons. The highest BCUT2D eigenvalue weighted by Gasteiger charge is 2.12. The number of nitrogens with zero attached hydrogens (tertiary/aromatic N) is 1. The van der Waals surface area contributed by atoms with Crippen LogP contribution in [0.1, 0.15) is 26.7 Å². The molecule has 2 aromatic carbocycles. The summed E-state index contributed by atoms with van der Waals surface area (Å²) in [6.45, 7) is 4.25. The van der Waals surface area contributed by atoms with Crippen molar-refractivity contribution in [2.45, 2.75) is 26.7 Å². The van der Waals surface area contributed by atoms with E-state index in [1.54, 1.807) is 11.3 Å². The lowest BCUT2D eigenvalue weighted by atomic mass is 10.1. The fourth-order valence-corrected chi connectivity index (χ4v) is 3.40. The number of carbonyl (C=O) groups is 1. The molecule has 3 rings (SSSR count). The first-order valence-electron chi connectivity index (χ1n) is 7.88. The number of fused-ring (bicyclic) bond motifs is 1. The molecule has 4 heteroatoms. The van der Waals surface area contributed by atoms with E-state index in [0.29, 0.717) is 12.3 Å². The molecule has 0 fully saturated rings. The first kappa shape index (κ1) is 15.7. The Morgan fingerprint density at radius 1 is 1.13 bits per heavy atom. The zero-order valence-corrected chi connectivity index (χ0v) is 14.2. The van der Waals surface area contributed by atoms with Crippen LogP contribution >= 0.6 is 11.3 Å². The van der Waals surface area contributed by atoms with Crippen LogP contribution in [0.25, 0.3) is 20.8 Å². The summed E-state index contributed by atoms with van der Waals surface area (Å²) in [4.78, 5) is 16.8. The van der Waals surface area contributed by atoms with Crippen LogP contribution in [0.5, 0.6) is 0 Å².